The van der Waals surface area contributed by atoms with Crippen molar-refractivity contribution in [3.63, 3.8) is 0 Å². The van der Waals surface area contributed by atoms with E-state index in [1.807, 2.05) is 77.4 Å². The van der Waals surface area contributed by atoms with E-state index >= 15 is 0 Å². The Kier molecular flexibility index (Phi) is 9.59. The van der Waals surface area contributed by atoms with Gasteiger partial charge in [0.25, 0.3) is 5.91 Å². The summed E-state index contributed by atoms with van der Waals surface area (Å²) in [4.78, 5) is 27.8. The molecule has 0 aliphatic carbocycles. The number of sulfonamides is 1. The van der Waals surface area contributed by atoms with Crippen LogP contribution in [-0.2, 0) is 34.3 Å². The number of carbonyl (C=O) groups is 2. The van der Waals surface area contributed by atoms with Gasteiger partial charge in [0.15, 0.2) is 0 Å². The van der Waals surface area contributed by atoms with Crippen molar-refractivity contribution in [1.82, 2.24) is 14.2 Å². The van der Waals surface area contributed by atoms with Gasteiger partial charge in [-0.25, -0.2) is 17.9 Å². The first kappa shape index (κ1) is 29.4. The number of nitrogens with one attached hydrogen (secondary N) is 1. The van der Waals surface area contributed by atoms with Gasteiger partial charge in [-0.05, 0) is 61.8 Å². The quantitative estimate of drug-likeness (QED) is 0.235. The maximum Gasteiger partial charge on any atom is 0.410 e. The van der Waals surface area contributed by atoms with E-state index in [1.54, 1.807) is 11.0 Å². The number of hydrogen-bond donors (Lipinski definition) is 1. The second-order valence-corrected chi connectivity index (χ2v) is 12.6. The third-order valence-corrected chi connectivity index (χ3v) is 9.04. The fourth-order valence-corrected chi connectivity index (χ4v) is 6.68. The summed E-state index contributed by atoms with van der Waals surface area (Å²) in [5.74, 6) is -0.909. The molecule has 1 N–H and O–H groups in total. The third kappa shape index (κ3) is 7.59. The Morgan fingerprint density at radius 2 is 1.57 bits per heavy atom. The largest absolute Gasteiger partial charge is 0.445 e. The molecule has 0 unspecified atom stereocenters. The lowest BCUT2D eigenvalue weighted by Gasteiger charge is -2.34. The molecule has 1 atom stereocenters. The Balaban J connectivity index is 1.21. The molecule has 220 valence electrons. The van der Waals surface area contributed by atoms with Crippen LogP contribution in [0.15, 0.2) is 91.0 Å². The van der Waals surface area contributed by atoms with Crippen LogP contribution in [0.1, 0.15) is 53.7 Å². The monoisotopic (exact) mass is 587 g/mol. The summed E-state index contributed by atoms with van der Waals surface area (Å²) in [6, 6.07) is 28.7. The van der Waals surface area contributed by atoms with Crippen molar-refractivity contribution < 1.29 is 22.7 Å². The predicted molar refractivity (Wildman–Crippen MR) is 164 cm³/mol. The third-order valence-electron chi connectivity index (χ3n) is 7.77. The molecule has 3 aromatic carbocycles. The first-order valence-electron chi connectivity index (χ1n) is 14.5. The molecule has 0 saturated carbocycles. The minimum atomic E-state index is -3.94. The molecule has 0 radical (unpaired) electrons. The normalized spacial score (nSPS) is 15.4. The zero-order chi connectivity index (χ0) is 29.4. The van der Waals surface area contributed by atoms with Crippen molar-refractivity contribution in [2.45, 2.75) is 57.7 Å². The van der Waals surface area contributed by atoms with Crippen molar-refractivity contribution in [1.29, 1.82) is 0 Å². The molecular formula is C33H37N3O5S. The van der Waals surface area contributed by atoms with Crippen LogP contribution in [0.25, 0.3) is 10.9 Å². The average molecular weight is 588 g/mol. The van der Waals surface area contributed by atoms with Crippen molar-refractivity contribution in [3.8, 4) is 0 Å². The number of aromatic nitrogens is 1. The van der Waals surface area contributed by atoms with E-state index in [4.69, 9.17) is 4.74 Å². The number of carbonyl (C=O) groups excluding carboxylic acids is 2. The lowest BCUT2D eigenvalue weighted by Crippen LogP contribution is -2.45. The SMILES string of the molecule is O=C(NS(=O)(=O)CC[C@@H]1CCCCN1C(=O)OCc1ccccc1)c1cc2ccccc2n1CCCc1ccccc1. The molecule has 1 aliphatic rings. The number of aryl methyl sites for hydroxylation is 2. The first-order chi connectivity index (χ1) is 20.4. The van der Waals surface area contributed by atoms with Gasteiger partial charge in [-0.15, -0.1) is 0 Å². The molecule has 1 aromatic heterocycles. The molecule has 5 rings (SSSR count). The lowest BCUT2D eigenvalue weighted by atomic mass is 10.0. The molecule has 8 nitrogen and oxygen atoms in total. The number of rotatable bonds is 11. The molecule has 1 aliphatic heterocycles. The fourth-order valence-electron chi connectivity index (χ4n) is 5.60. The number of para-hydroxylation sites is 1. The second-order valence-electron chi connectivity index (χ2n) is 10.8. The molecule has 2 amide bonds. The Bertz CT molecular complexity index is 1600. The van der Waals surface area contributed by atoms with E-state index in [2.05, 4.69) is 16.9 Å². The van der Waals surface area contributed by atoms with Gasteiger partial charge < -0.3 is 14.2 Å². The highest BCUT2D eigenvalue weighted by Crippen LogP contribution is 2.23. The minimum absolute atomic E-state index is 0.163. The standard InChI is InChI=1S/C33H37N3O5S/c37-32(31-24-28-17-7-8-19-30(28)36(31)22-11-16-26-12-3-1-4-13-26)34-42(39,40)23-20-29-18-9-10-21-35(29)33(38)41-25-27-14-5-2-6-15-27/h1-8,12-15,17,19,24,29H,9-11,16,18,20-23,25H2,(H,34,37)/t29-/m0/s1. The number of nitrogens with zero attached hydrogens (tertiary/aromatic N) is 2. The van der Waals surface area contributed by atoms with Gasteiger partial charge in [0.05, 0.1) is 5.75 Å². The number of hydrogen-bond acceptors (Lipinski definition) is 5. The smallest absolute Gasteiger partial charge is 0.410 e. The molecule has 42 heavy (non-hydrogen) atoms. The molecule has 1 saturated heterocycles. The summed E-state index contributed by atoms with van der Waals surface area (Å²) in [7, 11) is -3.94. The van der Waals surface area contributed by atoms with Crippen LogP contribution < -0.4 is 4.72 Å². The zero-order valence-corrected chi connectivity index (χ0v) is 24.5. The Hall–Kier alpha value is -4.11. The average Bonchev–Trinajstić information content (AvgIpc) is 3.39. The number of amides is 2. The topological polar surface area (TPSA) is 97.7 Å². The van der Waals surface area contributed by atoms with E-state index in [9.17, 15) is 18.0 Å². The number of benzene rings is 3. The number of piperidine rings is 1. The highest BCUT2D eigenvalue weighted by atomic mass is 32.2. The van der Waals surface area contributed by atoms with Crippen LogP contribution in [0.3, 0.4) is 0 Å². The van der Waals surface area contributed by atoms with Gasteiger partial charge >= 0.3 is 6.09 Å². The Morgan fingerprint density at radius 3 is 2.33 bits per heavy atom. The second kappa shape index (κ2) is 13.7. The Morgan fingerprint density at radius 1 is 0.881 bits per heavy atom. The van der Waals surface area contributed by atoms with Crippen molar-refractivity contribution >= 4 is 32.9 Å². The van der Waals surface area contributed by atoms with E-state index in [0.717, 1.165) is 42.1 Å². The molecule has 4 aromatic rings. The van der Waals surface area contributed by atoms with Gasteiger partial charge in [0.1, 0.15) is 12.3 Å². The predicted octanol–water partition coefficient (Wildman–Crippen LogP) is 5.92. The molecule has 0 spiro atoms. The molecule has 0 bridgehead atoms. The maximum atomic E-state index is 13.3. The van der Waals surface area contributed by atoms with Crippen LogP contribution in [0.2, 0.25) is 0 Å². The fraction of sp³-hybridized carbons (Fsp3) is 0.333. The number of fused-ring (bicyclic) bond motifs is 1. The lowest BCUT2D eigenvalue weighted by molar-refractivity contribution is 0.0672. The summed E-state index contributed by atoms with van der Waals surface area (Å²) in [6.07, 6.45) is 3.87. The van der Waals surface area contributed by atoms with Gasteiger partial charge in [-0.3, -0.25) is 4.79 Å². The van der Waals surface area contributed by atoms with E-state index in [1.165, 1.54) is 5.56 Å². The van der Waals surface area contributed by atoms with Crippen molar-refractivity contribution in [2.24, 2.45) is 0 Å². The van der Waals surface area contributed by atoms with Crippen LogP contribution in [0.5, 0.6) is 0 Å². The summed E-state index contributed by atoms with van der Waals surface area (Å²) >= 11 is 0. The van der Waals surface area contributed by atoms with Crippen LogP contribution >= 0.6 is 0 Å². The van der Waals surface area contributed by atoms with Crippen molar-refractivity contribution in [3.05, 3.63) is 108 Å². The van der Waals surface area contributed by atoms with E-state index in [0.29, 0.717) is 25.2 Å². The van der Waals surface area contributed by atoms with E-state index < -0.39 is 22.0 Å². The number of ether oxygens (including phenoxy) is 1. The van der Waals surface area contributed by atoms with Gasteiger partial charge in [-0.1, -0.05) is 78.9 Å². The minimum Gasteiger partial charge on any atom is -0.445 e. The molecular weight excluding hydrogens is 550 g/mol. The Labute approximate surface area is 247 Å². The van der Waals surface area contributed by atoms with E-state index in [-0.39, 0.29) is 24.8 Å². The van der Waals surface area contributed by atoms with Gasteiger partial charge in [0.2, 0.25) is 10.0 Å². The molecule has 2 heterocycles. The molecule has 9 heteroatoms. The van der Waals surface area contributed by atoms with Crippen LogP contribution in [-0.4, -0.2) is 48.2 Å². The van der Waals surface area contributed by atoms with Crippen LogP contribution in [0.4, 0.5) is 4.79 Å². The number of likely N-dealkylation sites (tertiary alicyclic amines) is 1. The first-order valence-corrected chi connectivity index (χ1v) is 16.2. The van der Waals surface area contributed by atoms with Crippen LogP contribution in [0, 0.1) is 0 Å². The maximum absolute atomic E-state index is 13.3. The van der Waals surface area contributed by atoms with Crippen molar-refractivity contribution in [2.75, 3.05) is 12.3 Å². The highest BCUT2D eigenvalue weighted by Gasteiger charge is 2.30. The molecule has 1 fully saturated rings. The summed E-state index contributed by atoms with van der Waals surface area (Å²) in [6.45, 7) is 1.26. The van der Waals surface area contributed by atoms with Gasteiger partial charge in [0, 0.05) is 30.0 Å². The zero-order valence-electron chi connectivity index (χ0n) is 23.7. The summed E-state index contributed by atoms with van der Waals surface area (Å²) < 4.78 is 35.9. The summed E-state index contributed by atoms with van der Waals surface area (Å²) in [5.41, 5.74) is 3.31. The summed E-state index contributed by atoms with van der Waals surface area (Å²) in [5, 5.41) is 0.881. The highest BCUT2D eigenvalue weighted by molar-refractivity contribution is 7.90. The van der Waals surface area contributed by atoms with Gasteiger partial charge in [-0.2, -0.15) is 0 Å².